The van der Waals surface area contributed by atoms with Gasteiger partial charge in [0.1, 0.15) is 0 Å². The molecule has 9 nitrogen and oxygen atoms in total. The van der Waals surface area contributed by atoms with Crippen LogP contribution in [0.15, 0.2) is 0 Å². The molecular formula is C3F9O9S3U. The van der Waals surface area contributed by atoms with E-state index in [-0.39, 0.29) is 31.1 Å². The van der Waals surface area contributed by atoms with Crippen molar-refractivity contribution in [3.05, 3.63) is 0 Å². The van der Waals surface area contributed by atoms with E-state index in [1.54, 1.807) is 0 Å². The predicted molar refractivity (Wildman–Crippen MR) is 47.3 cm³/mol. The van der Waals surface area contributed by atoms with Gasteiger partial charge in [-0.3, -0.25) is 0 Å². The Morgan fingerprint density at radius 1 is 0.440 bits per heavy atom. The number of rotatable bonds is 0. The Bertz CT molecular complexity index is 596. The number of hydrogen-bond acceptors (Lipinski definition) is 9. The van der Waals surface area contributed by atoms with Crippen molar-refractivity contribution in [1.82, 2.24) is 0 Å². The van der Waals surface area contributed by atoms with Crippen molar-refractivity contribution >= 4 is 30.4 Å². The first-order chi connectivity index (χ1) is 9.75. The van der Waals surface area contributed by atoms with Crippen LogP contribution in [0.3, 0.4) is 0 Å². The fraction of sp³-hybridized carbons (Fsp3) is 1.00. The standard InChI is InChI=1S/3CHF3O3S.U/c3*2-1(3,4)8(5,6)7;/h3*(H,5,6,7);/q;;;+3/p-3. The van der Waals surface area contributed by atoms with E-state index >= 15 is 0 Å². The molecule has 0 amide bonds. The number of halogens is 9. The van der Waals surface area contributed by atoms with Crippen molar-refractivity contribution in [2.24, 2.45) is 0 Å². The van der Waals surface area contributed by atoms with Crippen LogP contribution in [0.4, 0.5) is 39.5 Å². The van der Waals surface area contributed by atoms with E-state index in [9.17, 15) is 39.5 Å². The van der Waals surface area contributed by atoms with Crippen molar-refractivity contribution in [1.29, 1.82) is 0 Å². The van der Waals surface area contributed by atoms with Gasteiger partial charge in [-0.05, 0) is 0 Å². The predicted octanol–water partition coefficient (Wildman–Crippen LogP) is 0.154. The number of alkyl halides is 9. The van der Waals surface area contributed by atoms with E-state index in [2.05, 4.69) is 0 Å². The second-order valence-corrected chi connectivity index (χ2v) is 6.81. The third-order valence-corrected chi connectivity index (χ3v) is 2.55. The Balaban J connectivity index is -0.000000130. The summed E-state index contributed by atoms with van der Waals surface area (Å²) in [6, 6.07) is 0. The third kappa shape index (κ3) is 16.1. The Labute approximate surface area is 156 Å². The molecule has 0 bridgehead atoms. The summed E-state index contributed by atoms with van der Waals surface area (Å²) in [5, 5.41) is 0. The van der Waals surface area contributed by atoms with Crippen molar-refractivity contribution in [2.75, 3.05) is 0 Å². The van der Waals surface area contributed by atoms with Crippen LogP contribution in [0.5, 0.6) is 0 Å². The average Bonchev–Trinajstić information content (AvgIpc) is 2.08. The summed E-state index contributed by atoms with van der Waals surface area (Å²) in [7, 11) is -18.3. The van der Waals surface area contributed by atoms with Crippen LogP contribution in [0, 0.1) is 31.1 Å². The monoisotopic (exact) mass is 685 g/mol. The Kier molecular flexibility index (Phi) is 13.0. The van der Waals surface area contributed by atoms with Crippen LogP contribution in [-0.4, -0.2) is 55.4 Å². The zero-order chi connectivity index (χ0) is 21.0. The van der Waals surface area contributed by atoms with E-state index in [0.717, 1.165) is 0 Å². The second kappa shape index (κ2) is 9.91. The second-order valence-electron chi connectivity index (χ2n) is 2.70. The van der Waals surface area contributed by atoms with Crippen molar-refractivity contribution in [3.63, 3.8) is 0 Å². The fourth-order valence-corrected chi connectivity index (χ4v) is 0. The van der Waals surface area contributed by atoms with Gasteiger partial charge in [0.05, 0.1) is 0 Å². The normalized spacial score (nSPS) is 13.4. The molecule has 0 unspecified atom stereocenters. The quantitative estimate of drug-likeness (QED) is 0.196. The van der Waals surface area contributed by atoms with Gasteiger partial charge >= 0.3 is 47.6 Å². The van der Waals surface area contributed by atoms with Gasteiger partial charge in [0.25, 0.3) is 0 Å². The summed E-state index contributed by atoms with van der Waals surface area (Å²) in [5.74, 6) is 0. The maximum atomic E-state index is 10.7. The Hall–Kier alpha value is 0.152. The molecule has 0 N–H and O–H groups in total. The summed E-state index contributed by atoms with van der Waals surface area (Å²) >= 11 is 0. The van der Waals surface area contributed by atoms with E-state index in [1.807, 2.05) is 0 Å². The zero-order valence-electron chi connectivity index (χ0n) is 10.3. The molecule has 22 heteroatoms. The Morgan fingerprint density at radius 2 is 0.480 bits per heavy atom. The summed E-state index contributed by atoms with van der Waals surface area (Å²) in [6.45, 7) is 0. The third-order valence-electron chi connectivity index (χ3n) is 0.850. The molecule has 25 heavy (non-hydrogen) atoms. The van der Waals surface area contributed by atoms with Crippen LogP contribution < -0.4 is 0 Å². The van der Waals surface area contributed by atoms with Crippen LogP contribution in [-0.2, 0) is 30.4 Å². The molecule has 0 aromatic heterocycles. The molecule has 0 spiro atoms. The van der Waals surface area contributed by atoms with Gasteiger partial charge in [-0.2, -0.15) is 39.5 Å². The summed E-state index contributed by atoms with van der Waals surface area (Å²) in [4.78, 5) is 0. The molecule has 0 atom stereocenters. The molecule has 0 saturated carbocycles. The van der Waals surface area contributed by atoms with Gasteiger partial charge in [-0.25, -0.2) is 25.3 Å². The van der Waals surface area contributed by atoms with Crippen LogP contribution >= 0.6 is 0 Å². The molecule has 0 rings (SSSR count). The zero-order valence-corrected chi connectivity index (χ0v) is 16.9. The minimum absolute atomic E-state index is 0. The van der Waals surface area contributed by atoms with Gasteiger partial charge in [-0.15, -0.1) is 0 Å². The minimum Gasteiger partial charge on any atom is -0.741 e. The molecular weight excluding hydrogens is 685 g/mol. The molecule has 0 aromatic rings. The Morgan fingerprint density at radius 3 is 0.480 bits per heavy atom. The molecule has 0 fully saturated rings. The largest absolute Gasteiger partial charge is 3.00 e. The van der Waals surface area contributed by atoms with Gasteiger partial charge < -0.3 is 13.7 Å². The van der Waals surface area contributed by atoms with Gasteiger partial charge in [-0.1, -0.05) is 0 Å². The fourth-order valence-electron chi connectivity index (χ4n) is 0. The molecule has 0 heterocycles. The maximum absolute atomic E-state index is 10.7. The van der Waals surface area contributed by atoms with Crippen molar-refractivity contribution in [3.8, 4) is 0 Å². The topological polar surface area (TPSA) is 172 Å². The molecule has 0 aliphatic heterocycles. The summed E-state index contributed by atoms with van der Waals surface area (Å²) in [5.41, 5.74) is -16.9. The number of hydrogen-bond donors (Lipinski definition) is 0. The maximum Gasteiger partial charge on any atom is 3.00 e. The molecule has 1 radical (unpaired) electrons. The summed E-state index contributed by atoms with van der Waals surface area (Å²) in [6.07, 6.45) is 0. The smallest absolute Gasteiger partial charge is 0.741 e. The molecule has 0 aromatic carbocycles. The van der Waals surface area contributed by atoms with Crippen LogP contribution in [0.1, 0.15) is 0 Å². The average molecular weight is 685 g/mol. The van der Waals surface area contributed by atoms with Gasteiger partial charge in [0.15, 0.2) is 30.4 Å². The van der Waals surface area contributed by atoms with E-state index < -0.39 is 46.9 Å². The molecule has 0 saturated heterocycles. The first kappa shape index (κ1) is 32.8. The molecule has 0 aliphatic carbocycles. The van der Waals surface area contributed by atoms with Crippen LogP contribution in [0.25, 0.3) is 0 Å². The first-order valence-corrected chi connectivity index (χ1v) is 8.04. The van der Waals surface area contributed by atoms with Crippen molar-refractivity contribution < 1.29 is 110 Å². The van der Waals surface area contributed by atoms with E-state index in [0.29, 0.717) is 0 Å². The van der Waals surface area contributed by atoms with Gasteiger partial charge in [0, 0.05) is 0 Å². The molecule has 151 valence electrons. The van der Waals surface area contributed by atoms with E-state index in [1.165, 1.54) is 0 Å². The van der Waals surface area contributed by atoms with Crippen LogP contribution in [0.2, 0.25) is 0 Å². The van der Waals surface area contributed by atoms with Crippen molar-refractivity contribution in [2.45, 2.75) is 16.5 Å². The summed E-state index contributed by atoms with van der Waals surface area (Å²) < 4.78 is 177. The van der Waals surface area contributed by atoms with Gasteiger partial charge in [0.2, 0.25) is 0 Å². The SMILES string of the molecule is O=S(=O)([O-])C(F)(F)F.O=S(=O)([O-])C(F)(F)F.O=S(=O)([O-])C(F)(F)F.[U+3]. The molecule has 0 aliphatic rings. The first-order valence-electron chi connectivity index (χ1n) is 3.81. The minimum atomic E-state index is -6.09. The van der Waals surface area contributed by atoms with E-state index in [4.69, 9.17) is 38.9 Å².